The minimum absolute atomic E-state index is 0.0843. The predicted octanol–water partition coefficient (Wildman–Crippen LogP) is 4.36. The van der Waals surface area contributed by atoms with Crippen molar-refractivity contribution >= 4 is 28.6 Å². The number of alkyl halides is 3. The van der Waals surface area contributed by atoms with Gasteiger partial charge in [0.05, 0.1) is 11.6 Å². The highest BCUT2D eigenvalue weighted by molar-refractivity contribution is 5.94. The van der Waals surface area contributed by atoms with Crippen LogP contribution in [0.3, 0.4) is 0 Å². The van der Waals surface area contributed by atoms with Gasteiger partial charge in [-0.2, -0.15) is 13.2 Å². The number of carbonyl (C=O) groups excluding carboxylic acids is 3. The number of fused-ring (bicyclic) bond motifs is 5. The molecule has 3 amide bonds. The van der Waals surface area contributed by atoms with E-state index in [1.54, 1.807) is 24.4 Å². The van der Waals surface area contributed by atoms with E-state index in [9.17, 15) is 27.6 Å². The van der Waals surface area contributed by atoms with Crippen molar-refractivity contribution in [3.63, 3.8) is 0 Å². The largest absolute Gasteiger partial charge is 0.416 e. The van der Waals surface area contributed by atoms with Gasteiger partial charge in [0, 0.05) is 43.7 Å². The summed E-state index contributed by atoms with van der Waals surface area (Å²) in [5.74, 6) is -1.32. The van der Waals surface area contributed by atoms with Gasteiger partial charge in [0.2, 0.25) is 17.7 Å². The Morgan fingerprint density at radius 1 is 0.843 bits per heavy atom. The van der Waals surface area contributed by atoms with Crippen LogP contribution in [0.5, 0.6) is 0 Å². The molecule has 10 nitrogen and oxygen atoms in total. The van der Waals surface area contributed by atoms with E-state index in [0.29, 0.717) is 61.9 Å². The van der Waals surface area contributed by atoms with Gasteiger partial charge in [-0.3, -0.25) is 14.4 Å². The minimum atomic E-state index is -4.58. The number of hydrogen-bond donors (Lipinski definition) is 6. The van der Waals surface area contributed by atoms with Gasteiger partial charge in [-0.05, 0) is 97.3 Å². The average Bonchev–Trinajstić information content (AvgIpc) is 3.53. The van der Waals surface area contributed by atoms with Gasteiger partial charge >= 0.3 is 6.18 Å². The highest BCUT2D eigenvalue weighted by Crippen LogP contribution is 2.34. The van der Waals surface area contributed by atoms with Crippen molar-refractivity contribution < 1.29 is 27.6 Å². The molecule has 0 aliphatic carbocycles. The number of nitrogens with zero attached hydrogens (tertiary/aromatic N) is 1. The van der Waals surface area contributed by atoms with Gasteiger partial charge in [-0.15, -0.1) is 0 Å². The van der Waals surface area contributed by atoms with Gasteiger partial charge in [-0.1, -0.05) is 42.5 Å². The molecule has 2 heterocycles. The van der Waals surface area contributed by atoms with E-state index in [1.807, 2.05) is 30.3 Å². The fourth-order valence-corrected chi connectivity index (χ4v) is 6.55. The first-order valence-corrected chi connectivity index (χ1v) is 17.3. The number of nitrogens with one attached hydrogen (secondary N) is 4. The number of hydrogen-bond acceptors (Lipinski definition) is 6. The Morgan fingerprint density at radius 2 is 1.61 bits per heavy atom. The Bertz CT molecular complexity index is 1830. The van der Waals surface area contributed by atoms with Crippen molar-refractivity contribution in [1.29, 1.82) is 0 Å². The smallest absolute Gasteiger partial charge is 0.361 e. The highest BCUT2D eigenvalue weighted by atomic mass is 19.4. The third-order valence-corrected chi connectivity index (χ3v) is 9.46. The van der Waals surface area contributed by atoms with Crippen LogP contribution < -0.4 is 27.4 Å². The van der Waals surface area contributed by atoms with Gasteiger partial charge in [0.15, 0.2) is 0 Å². The molecule has 0 radical (unpaired) electrons. The van der Waals surface area contributed by atoms with E-state index in [2.05, 4.69) is 20.9 Å². The number of benzene rings is 3. The van der Waals surface area contributed by atoms with E-state index >= 15 is 0 Å². The molecule has 5 rings (SSSR count). The molecule has 3 atom stereocenters. The Hall–Kier alpha value is -4.72. The maximum atomic E-state index is 14.3. The molecule has 1 aromatic heterocycles. The molecule has 272 valence electrons. The number of aromatic amines is 1. The van der Waals surface area contributed by atoms with E-state index < -0.39 is 41.7 Å². The lowest BCUT2D eigenvalue weighted by molar-refractivity contribution is -0.142. The third-order valence-electron chi connectivity index (χ3n) is 9.46. The number of aromatic nitrogens is 1. The van der Waals surface area contributed by atoms with Crippen LogP contribution in [0.1, 0.15) is 54.4 Å². The van der Waals surface area contributed by atoms with Crippen LogP contribution in [0.15, 0.2) is 72.9 Å². The summed E-state index contributed by atoms with van der Waals surface area (Å²) in [4.78, 5) is 46.9. The second-order valence-corrected chi connectivity index (χ2v) is 13.0. The van der Waals surface area contributed by atoms with Crippen molar-refractivity contribution in [2.75, 3.05) is 20.1 Å². The average molecular weight is 706 g/mol. The van der Waals surface area contributed by atoms with E-state index in [-0.39, 0.29) is 25.4 Å². The maximum Gasteiger partial charge on any atom is 0.416 e. The lowest BCUT2D eigenvalue weighted by atomic mass is 9.95. The molecule has 13 heteroatoms. The Kier molecular flexibility index (Phi) is 12.5. The van der Waals surface area contributed by atoms with Crippen molar-refractivity contribution in [1.82, 2.24) is 25.8 Å². The number of unbranched alkanes of at least 4 members (excludes halogenated alkanes) is 1. The summed E-state index contributed by atoms with van der Waals surface area (Å²) in [5, 5.41) is 10.0. The van der Waals surface area contributed by atoms with Gasteiger partial charge in [-0.25, -0.2) is 0 Å². The lowest BCUT2D eigenvalue weighted by Gasteiger charge is -2.32. The van der Waals surface area contributed by atoms with Crippen LogP contribution in [-0.2, 0) is 40.1 Å². The normalized spacial score (nSPS) is 19.4. The molecule has 0 saturated carbocycles. The summed E-state index contributed by atoms with van der Waals surface area (Å²) in [6.07, 6.45) is -0.175. The monoisotopic (exact) mass is 705 g/mol. The predicted molar refractivity (Wildman–Crippen MR) is 191 cm³/mol. The van der Waals surface area contributed by atoms with E-state index in [4.69, 9.17) is 11.5 Å². The van der Waals surface area contributed by atoms with E-state index in [0.717, 1.165) is 34.2 Å². The molecular formula is C38H46F3N7O3. The third kappa shape index (κ3) is 9.34. The first-order chi connectivity index (χ1) is 24.5. The number of nitrogens with two attached hydrogens (primary N) is 2. The topological polar surface area (TPSA) is 158 Å². The Balaban J connectivity index is 1.59. The molecule has 3 aromatic carbocycles. The molecule has 0 unspecified atom stereocenters. The zero-order chi connectivity index (χ0) is 36.5. The Labute approximate surface area is 295 Å². The van der Waals surface area contributed by atoms with Crippen LogP contribution in [0.25, 0.3) is 22.0 Å². The lowest BCUT2D eigenvalue weighted by Crippen LogP contribution is -2.57. The van der Waals surface area contributed by atoms with Gasteiger partial charge in [0.1, 0.15) is 12.1 Å². The molecule has 0 saturated heterocycles. The summed E-state index contributed by atoms with van der Waals surface area (Å²) in [6.45, 7) is 0.923. The zero-order valence-corrected chi connectivity index (χ0v) is 28.7. The molecule has 2 bridgehead atoms. The van der Waals surface area contributed by atoms with Crippen molar-refractivity contribution in [2.24, 2.45) is 11.5 Å². The number of rotatable bonds is 9. The summed E-state index contributed by atoms with van der Waals surface area (Å²) in [7, 11) is 1.54. The standard InChI is InChI=1S/C38H46F3N7O3/c1-48-34(19-27-23-45-31-11-3-2-10-29(27)31)36(50)46-22-26-14-15-28(38(39,40)41)20-30(26)25-9-6-8-24(18-25)21-44-32(13-7-17-43)35(49)47-33(37(48)51)12-4-5-16-42/h2-3,6,8-11,14-15,18,20,23,32-34,44-45H,4-5,7,12-13,16-17,19,21-22,42-43H2,1H3,(H,46,50)(H,47,49)/t32-,33-,34-/m0/s1. The summed E-state index contributed by atoms with van der Waals surface area (Å²) < 4.78 is 41.8. The van der Waals surface area contributed by atoms with Crippen LogP contribution in [-0.4, -0.2) is 65.9 Å². The van der Waals surface area contributed by atoms with Crippen molar-refractivity contribution in [3.8, 4) is 11.1 Å². The minimum Gasteiger partial charge on any atom is -0.361 e. The molecule has 0 fully saturated rings. The van der Waals surface area contributed by atoms with Crippen LogP contribution >= 0.6 is 0 Å². The molecule has 1 aliphatic rings. The van der Waals surface area contributed by atoms with Crippen molar-refractivity contribution in [3.05, 3.63) is 95.2 Å². The van der Waals surface area contributed by atoms with Gasteiger partial charge < -0.3 is 37.3 Å². The SMILES string of the molecule is CN1C(=O)[C@H](CCCCN)NC(=O)[C@H](CCCN)NCc2cccc(c2)-c2cc(C(F)(F)F)ccc2CNC(=O)[C@@H]1Cc1c[nH]c2ccccc12. The van der Waals surface area contributed by atoms with Crippen molar-refractivity contribution in [2.45, 2.75) is 75.9 Å². The van der Waals surface area contributed by atoms with Gasteiger partial charge in [0.25, 0.3) is 0 Å². The summed E-state index contributed by atoms with van der Waals surface area (Å²) in [6, 6.07) is 15.5. The number of carbonyl (C=O) groups is 3. The van der Waals surface area contributed by atoms with Crippen LogP contribution in [0.4, 0.5) is 13.2 Å². The first kappa shape index (κ1) is 37.5. The van der Waals surface area contributed by atoms with Crippen LogP contribution in [0, 0.1) is 0 Å². The number of likely N-dealkylation sites (N-methyl/N-ethyl adjacent to an activating group) is 1. The number of amides is 3. The molecule has 51 heavy (non-hydrogen) atoms. The molecular weight excluding hydrogens is 659 g/mol. The first-order valence-electron chi connectivity index (χ1n) is 17.3. The zero-order valence-electron chi connectivity index (χ0n) is 28.7. The molecule has 8 N–H and O–H groups in total. The second-order valence-electron chi connectivity index (χ2n) is 13.0. The number of para-hydroxylation sites is 1. The second kappa shape index (κ2) is 17.0. The Morgan fingerprint density at radius 3 is 2.37 bits per heavy atom. The molecule has 0 spiro atoms. The molecule has 4 aromatic rings. The summed E-state index contributed by atoms with van der Waals surface area (Å²) >= 11 is 0. The fraction of sp³-hybridized carbons (Fsp3) is 0.395. The molecule has 1 aliphatic heterocycles. The van der Waals surface area contributed by atoms with Crippen LogP contribution in [0.2, 0.25) is 0 Å². The summed E-state index contributed by atoms with van der Waals surface area (Å²) in [5.41, 5.74) is 14.5. The number of halogens is 3. The quantitative estimate of drug-likeness (QED) is 0.142. The van der Waals surface area contributed by atoms with E-state index in [1.165, 1.54) is 18.0 Å². The fourth-order valence-electron chi connectivity index (χ4n) is 6.55. The maximum absolute atomic E-state index is 14.3. The highest BCUT2D eigenvalue weighted by Gasteiger charge is 2.35. The number of H-pyrrole nitrogens is 1.